The topological polar surface area (TPSA) is 153 Å². The normalized spacial score (nSPS) is 19.8. The average molecular weight is 560 g/mol. The molecule has 41 heavy (non-hydrogen) atoms. The number of rotatable bonds is 8. The molecule has 0 bridgehead atoms. The minimum absolute atomic E-state index is 0.0711. The number of fused-ring (bicyclic) bond motifs is 1. The van der Waals surface area contributed by atoms with E-state index < -0.39 is 11.4 Å². The van der Waals surface area contributed by atoms with Gasteiger partial charge in [-0.15, -0.1) is 10.2 Å². The first-order valence-electron chi connectivity index (χ1n) is 13.4. The number of halogens is 1. The molecule has 3 N–H and O–H groups in total. The number of anilines is 2. The summed E-state index contributed by atoms with van der Waals surface area (Å²) < 4.78 is 22.4. The highest BCUT2D eigenvalue weighted by atomic mass is 19.1. The largest absolute Gasteiger partial charge is 0.368 e. The number of methoxy groups -OCH3 is 1. The fraction of sp³-hybridized carbons (Fsp3) is 0.370. The van der Waals surface area contributed by atoms with E-state index in [1.54, 1.807) is 25.7 Å². The van der Waals surface area contributed by atoms with Crippen LogP contribution in [-0.2, 0) is 9.53 Å². The van der Waals surface area contributed by atoms with E-state index in [1.807, 2.05) is 36.6 Å². The van der Waals surface area contributed by atoms with E-state index in [2.05, 4.69) is 41.1 Å². The van der Waals surface area contributed by atoms with Crippen molar-refractivity contribution < 1.29 is 13.9 Å². The third kappa shape index (κ3) is 5.25. The van der Waals surface area contributed by atoms with Gasteiger partial charge in [-0.1, -0.05) is 6.07 Å². The molecule has 0 aromatic carbocycles. The fourth-order valence-corrected chi connectivity index (χ4v) is 5.32. The van der Waals surface area contributed by atoms with Crippen LogP contribution in [0, 0.1) is 12.7 Å². The molecule has 1 atom stereocenters. The molecule has 1 fully saturated rings. The first kappa shape index (κ1) is 26.5. The Hall–Kier alpha value is -4.72. The van der Waals surface area contributed by atoms with Crippen molar-refractivity contribution in [1.29, 1.82) is 0 Å². The maximum atomic E-state index is 13.5. The van der Waals surface area contributed by atoms with Gasteiger partial charge in [-0.3, -0.25) is 14.3 Å². The number of aromatic nitrogens is 9. The van der Waals surface area contributed by atoms with Crippen molar-refractivity contribution in [2.24, 2.45) is 0 Å². The second-order valence-corrected chi connectivity index (χ2v) is 10.4. The van der Waals surface area contributed by atoms with Crippen LogP contribution < -0.4 is 10.6 Å². The van der Waals surface area contributed by atoms with Gasteiger partial charge in [0.05, 0.1) is 30.3 Å². The Bertz CT molecular complexity index is 1670. The number of ether oxygens (including phenoxy) is 1. The van der Waals surface area contributed by atoms with Crippen molar-refractivity contribution in [3.05, 3.63) is 72.1 Å². The zero-order valence-electron chi connectivity index (χ0n) is 22.9. The van der Waals surface area contributed by atoms with Crippen LogP contribution in [0.5, 0.6) is 0 Å². The number of nitrogens with one attached hydrogen (secondary N) is 3. The zero-order chi connectivity index (χ0) is 28.6. The monoisotopic (exact) mass is 559 g/mol. The lowest BCUT2D eigenvalue weighted by Gasteiger charge is -2.38. The maximum Gasteiger partial charge on any atom is 0.252 e. The van der Waals surface area contributed by atoms with Crippen molar-refractivity contribution in [1.82, 2.24) is 49.9 Å². The predicted octanol–water partition coefficient (Wildman–Crippen LogP) is 3.54. The van der Waals surface area contributed by atoms with E-state index in [0.29, 0.717) is 48.8 Å². The van der Waals surface area contributed by atoms with Gasteiger partial charge < -0.3 is 15.4 Å². The number of hydrogen-bond acceptors (Lipinski definition) is 9. The maximum absolute atomic E-state index is 13.5. The van der Waals surface area contributed by atoms with Crippen LogP contribution in [0.1, 0.15) is 61.5 Å². The number of aromatic amines is 1. The lowest BCUT2D eigenvalue weighted by atomic mass is 9.76. The Balaban J connectivity index is 1.14. The molecule has 1 aliphatic carbocycles. The minimum atomic E-state index is -0.961. The quantitative estimate of drug-likeness (QED) is 0.259. The molecule has 1 aliphatic rings. The van der Waals surface area contributed by atoms with Gasteiger partial charge in [0.25, 0.3) is 5.91 Å². The molecule has 0 saturated heterocycles. The van der Waals surface area contributed by atoms with E-state index in [-0.39, 0.29) is 17.9 Å². The zero-order valence-corrected chi connectivity index (χ0v) is 22.9. The number of amides is 1. The Kier molecular flexibility index (Phi) is 6.91. The molecule has 5 aromatic heterocycles. The summed E-state index contributed by atoms with van der Waals surface area (Å²) >= 11 is 0. The van der Waals surface area contributed by atoms with Crippen molar-refractivity contribution in [2.75, 3.05) is 12.4 Å². The van der Waals surface area contributed by atoms with Gasteiger partial charge in [0.15, 0.2) is 23.1 Å². The third-order valence-corrected chi connectivity index (χ3v) is 7.66. The van der Waals surface area contributed by atoms with E-state index >= 15 is 0 Å². The first-order valence-corrected chi connectivity index (χ1v) is 13.4. The van der Waals surface area contributed by atoms with Gasteiger partial charge in [0.1, 0.15) is 17.7 Å². The number of H-pyrrole nitrogens is 1. The molecule has 0 radical (unpaired) electrons. The predicted molar refractivity (Wildman–Crippen MR) is 146 cm³/mol. The summed E-state index contributed by atoms with van der Waals surface area (Å²) in [5.74, 6) is 1.24. The lowest BCUT2D eigenvalue weighted by Crippen LogP contribution is -2.50. The van der Waals surface area contributed by atoms with E-state index in [4.69, 9.17) is 9.72 Å². The molecule has 0 unspecified atom stereocenters. The van der Waals surface area contributed by atoms with Gasteiger partial charge in [0.2, 0.25) is 0 Å². The molecule has 13 nitrogen and oxygen atoms in total. The summed E-state index contributed by atoms with van der Waals surface area (Å²) in [5, 5.41) is 25.8. The Morgan fingerprint density at radius 3 is 2.71 bits per heavy atom. The molecule has 0 aliphatic heterocycles. The van der Waals surface area contributed by atoms with Crippen molar-refractivity contribution >= 4 is 23.2 Å². The van der Waals surface area contributed by atoms with Gasteiger partial charge in [-0.25, -0.2) is 19.0 Å². The highest BCUT2D eigenvalue weighted by Crippen LogP contribution is 2.41. The molecule has 5 heterocycles. The second-order valence-electron chi connectivity index (χ2n) is 10.4. The number of aryl methyl sites for hydroxylation is 1. The van der Waals surface area contributed by atoms with Crippen LogP contribution >= 0.6 is 0 Å². The first-order chi connectivity index (χ1) is 19.8. The number of pyridine rings is 1. The second kappa shape index (κ2) is 10.7. The Morgan fingerprint density at radius 1 is 1.22 bits per heavy atom. The lowest BCUT2D eigenvalue weighted by molar-refractivity contribution is -0.148. The Morgan fingerprint density at radius 2 is 2.05 bits per heavy atom. The highest BCUT2D eigenvalue weighted by molar-refractivity contribution is 5.85. The molecule has 1 amide bonds. The highest BCUT2D eigenvalue weighted by Gasteiger charge is 2.43. The molecular formula is C27H30FN11O2. The third-order valence-electron chi connectivity index (χ3n) is 7.66. The summed E-state index contributed by atoms with van der Waals surface area (Å²) in [6, 6.07) is 5.16. The summed E-state index contributed by atoms with van der Waals surface area (Å²) in [5.41, 5.74) is 2.30. The molecule has 1 saturated carbocycles. The van der Waals surface area contributed by atoms with Crippen molar-refractivity contribution in [2.45, 2.75) is 57.1 Å². The average Bonchev–Trinajstić information content (AvgIpc) is 3.74. The molecule has 5 aromatic rings. The number of carbonyl (C=O) groups is 1. The van der Waals surface area contributed by atoms with Gasteiger partial charge in [-0.05, 0) is 51.2 Å². The van der Waals surface area contributed by atoms with Gasteiger partial charge in [-0.2, -0.15) is 10.2 Å². The smallest absolute Gasteiger partial charge is 0.252 e. The summed E-state index contributed by atoms with van der Waals surface area (Å²) in [7, 11) is 1.58. The van der Waals surface area contributed by atoms with Crippen LogP contribution in [0.3, 0.4) is 0 Å². The van der Waals surface area contributed by atoms with E-state index in [9.17, 15) is 9.18 Å². The van der Waals surface area contributed by atoms with E-state index in [1.165, 1.54) is 10.9 Å². The van der Waals surface area contributed by atoms with E-state index in [0.717, 1.165) is 23.1 Å². The number of carbonyl (C=O) groups excluding carboxylic acids is 1. The molecular weight excluding hydrogens is 529 g/mol. The van der Waals surface area contributed by atoms with Crippen LogP contribution in [0.2, 0.25) is 0 Å². The molecule has 14 heteroatoms. The molecule has 0 spiro atoms. The summed E-state index contributed by atoms with van der Waals surface area (Å²) in [6.07, 6.45) is 9.92. The van der Waals surface area contributed by atoms with Gasteiger partial charge in [0, 0.05) is 31.0 Å². The van der Waals surface area contributed by atoms with Crippen molar-refractivity contribution in [3.63, 3.8) is 0 Å². The van der Waals surface area contributed by atoms with Crippen LogP contribution in [0.15, 0.2) is 49.3 Å². The van der Waals surface area contributed by atoms with Crippen molar-refractivity contribution in [3.8, 4) is 5.82 Å². The molecule has 6 rings (SSSR count). The summed E-state index contributed by atoms with van der Waals surface area (Å²) in [4.78, 5) is 22.8. The number of hydrogen-bond donors (Lipinski definition) is 3. The summed E-state index contributed by atoms with van der Waals surface area (Å²) in [6.45, 7) is 3.82. The van der Waals surface area contributed by atoms with Crippen LogP contribution in [0.4, 0.5) is 16.0 Å². The van der Waals surface area contributed by atoms with Gasteiger partial charge >= 0.3 is 0 Å². The van der Waals surface area contributed by atoms with Crippen LogP contribution in [0.25, 0.3) is 11.5 Å². The Labute approximate surface area is 234 Å². The molecule has 212 valence electrons. The SMILES string of the molecule is COC1(C(=O)N[C@@H](C)c2ccc(-n3cc(F)cn3)nc2)CCC(c2nc(Nc3cc(C)[nH]n3)cn3cnnc23)CC1. The standard InChI is InChI=1S/C27H30FN11O2/c1-16-10-21(36-35-16)33-22-14-38-15-30-37-25(38)24(34-22)18-6-8-27(41-3,9-7-18)26(40)32-17(2)19-4-5-23(29-11-19)39-13-20(28)12-31-39/h4-5,10-15,17-18H,6-9H2,1-3H3,(H,32,40)(H2,33,35,36)/t17-,18?,27?/m0/s1. The fourth-order valence-electron chi connectivity index (χ4n) is 5.32. The van der Waals surface area contributed by atoms with Crippen LogP contribution in [-0.4, -0.2) is 63.2 Å². The minimum Gasteiger partial charge on any atom is -0.368 e. The number of nitrogens with zero attached hydrogens (tertiary/aromatic N) is 8.